The first kappa shape index (κ1) is 10.3. The molecule has 5 nitrogen and oxygen atoms in total. The molecule has 0 bridgehead atoms. The van der Waals surface area contributed by atoms with E-state index in [4.69, 9.17) is 10.2 Å². The molecule has 5 heteroatoms. The van der Waals surface area contributed by atoms with Crippen LogP contribution in [0.4, 0.5) is 12.0 Å². The van der Waals surface area contributed by atoms with Gasteiger partial charge in [0.25, 0.3) is 0 Å². The van der Waals surface area contributed by atoms with Gasteiger partial charge in [0, 0.05) is 12.6 Å². The second-order valence-corrected chi connectivity index (χ2v) is 4.05. The molecule has 1 fully saturated rings. The summed E-state index contributed by atoms with van der Waals surface area (Å²) < 4.78 is 5.28. The Bertz CT molecular complexity index is 310. The average Bonchev–Trinajstić information content (AvgIpc) is 2.66. The van der Waals surface area contributed by atoms with Crippen LogP contribution in [0.5, 0.6) is 0 Å². The Labute approximate surface area is 89.6 Å². The summed E-state index contributed by atoms with van der Waals surface area (Å²) in [5, 5.41) is 7.66. The van der Waals surface area contributed by atoms with E-state index in [0.29, 0.717) is 12.1 Å². The highest BCUT2D eigenvalue weighted by Crippen LogP contribution is 2.26. The van der Waals surface area contributed by atoms with Gasteiger partial charge in [-0.25, -0.2) is 0 Å². The van der Waals surface area contributed by atoms with Gasteiger partial charge in [0.1, 0.15) is 0 Å². The van der Waals surface area contributed by atoms with Crippen LogP contribution < -0.4 is 10.6 Å². The molecule has 2 heterocycles. The number of nitrogen functional groups attached to an aromatic ring is 1. The van der Waals surface area contributed by atoms with E-state index >= 15 is 0 Å². The lowest BCUT2D eigenvalue weighted by molar-refractivity contribution is 0.402. The zero-order chi connectivity index (χ0) is 10.7. The van der Waals surface area contributed by atoms with Crippen molar-refractivity contribution >= 4 is 12.0 Å². The standard InChI is InChI=1S/C10H18N4O/c1-2-5-8-6-3-4-7-14(8)10-13-12-9(11)15-10/h8H,2-7H2,1H3,(H2,11,12). The van der Waals surface area contributed by atoms with Crippen LogP contribution in [0, 0.1) is 0 Å². The molecule has 0 saturated carbocycles. The Hall–Kier alpha value is -1.26. The van der Waals surface area contributed by atoms with Gasteiger partial charge in [0.15, 0.2) is 0 Å². The maximum absolute atomic E-state index is 5.44. The normalized spacial score (nSPS) is 21.9. The van der Waals surface area contributed by atoms with E-state index in [1.807, 2.05) is 0 Å². The topological polar surface area (TPSA) is 68.2 Å². The predicted octanol–water partition coefficient (Wildman–Crippen LogP) is 1.81. The minimum absolute atomic E-state index is 0.158. The zero-order valence-electron chi connectivity index (χ0n) is 9.15. The van der Waals surface area contributed by atoms with Gasteiger partial charge < -0.3 is 15.1 Å². The SMILES string of the molecule is CCCC1CCCCN1c1nnc(N)o1. The first-order valence-electron chi connectivity index (χ1n) is 5.67. The molecule has 15 heavy (non-hydrogen) atoms. The fraction of sp³-hybridized carbons (Fsp3) is 0.800. The summed E-state index contributed by atoms with van der Waals surface area (Å²) in [6, 6.07) is 1.29. The summed E-state index contributed by atoms with van der Waals surface area (Å²) >= 11 is 0. The van der Waals surface area contributed by atoms with Crippen molar-refractivity contribution in [2.24, 2.45) is 0 Å². The Kier molecular flexibility index (Phi) is 3.08. The number of rotatable bonds is 3. The number of hydrogen-bond acceptors (Lipinski definition) is 5. The summed E-state index contributed by atoms with van der Waals surface area (Å²) in [6.45, 7) is 3.21. The van der Waals surface area contributed by atoms with Gasteiger partial charge in [-0.3, -0.25) is 0 Å². The minimum Gasteiger partial charge on any atom is -0.390 e. The van der Waals surface area contributed by atoms with Crippen molar-refractivity contribution in [2.45, 2.75) is 45.1 Å². The molecular weight excluding hydrogens is 192 g/mol. The summed E-state index contributed by atoms with van der Waals surface area (Å²) in [6.07, 6.45) is 6.08. The third-order valence-electron chi connectivity index (χ3n) is 2.92. The van der Waals surface area contributed by atoms with Crippen LogP contribution in [-0.2, 0) is 0 Å². The lowest BCUT2D eigenvalue weighted by atomic mass is 9.99. The van der Waals surface area contributed by atoms with Crippen LogP contribution in [-0.4, -0.2) is 22.8 Å². The van der Waals surface area contributed by atoms with Gasteiger partial charge in [0.2, 0.25) is 0 Å². The lowest BCUT2D eigenvalue weighted by Gasteiger charge is -2.34. The van der Waals surface area contributed by atoms with Crippen molar-refractivity contribution < 1.29 is 4.42 Å². The van der Waals surface area contributed by atoms with E-state index in [1.165, 1.54) is 32.1 Å². The third-order valence-corrected chi connectivity index (χ3v) is 2.92. The van der Waals surface area contributed by atoms with E-state index in [-0.39, 0.29) is 6.01 Å². The van der Waals surface area contributed by atoms with Crippen LogP contribution in [0.3, 0.4) is 0 Å². The quantitative estimate of drug-likeness (QED) is 0.824. The Morgan fingerprint density at radius 2 is 2.33 bits per heavy atom. The van der Waals surface area contributed by atoms with Crippen molar-refractivity contribution in [2.75, 3.05) is 17.2 Å². The number of piperidine rings is 1. The zero-order valence-corrected chi connectivity index (χ0v) is 9.15. The van der Waals surface area contributed by atoms with Gasteiger partial charge in [-0.2, -0.15) is 0 Å². The van der Waals surface area contributed by atoms with Crippen LogP contribution in [0.15, 0.2) is 4.42 Å². The predicted molar refractivity (Wildman–Crippen MR) is 58.6 cm³/mol. The molecule has 1 atom stereocenters. The molecule has 84 valence electrons. The Balaban J connectivity index is 2.10. The summed E-state index contributed by atoms with van der Waals surface area (Å²) in [5.74, 6) is 0. The molecule has 1 aromatic heterocycles. The van der Waals surface area contributed by atoms with Crippen molar-refractivity contribution in [3.05, 3.63) is 0 Å². The highest BCUT2D eigenvalue weighted by Gasteiger charge is 2.25. The smallest absolute Gasteiger partial charge is 0.319 e. The fourth-order valence-corrected chi connectivity index (χ4v) is 2.23. The molecule has 2 N–H and O–H groups in total. The van der Waals surface area contributed by atoms with Gasteiger partial charge in [-0.05, 0) is 25.7 Å². The number of nitrogens with two attached hydrogens (primary N) is 1. The van der Waals surface area contributed by atoms with E-state index < -0.39 is 0 Å². The van der Waals surface area contributed by atoms with E-state index in [2.05, 4.69) is 22.0 Å². The molecular formula is C10H18N4O. The third kappa shape index (κ3) is 2.22. The number of nitrogens with zero attached hydrogens (tertiary/aromatic N) is 3. The molecule has 1 aliphatic heterocycles. The van der Waals surface area contributed by atoms with Crippen molar-refractivity contribution in [3.8, 4) is 0 Å². The summed E-state index contributed by atoms with van der Waals surface area (Å²) in [5.41, 5.74) is 5.44. The molecule has 0 aliphatic carbocycles. The molecule has 1 saturated heterocycles. The molecule has 1 aromatic rings. The molecule has 1 unspecified atom stereocenters. The molecule has 2 rings (SSSR count). The monoisotopic (exact) mass is 210 g/mol. The lowest BCUT2D eigenvalue weighted by Crippen LogP contribution is -2.39. The van der Waals surface area contributed by atoms with Gasteiger partial charge in [-0.15, -0.1) is 0 Å². The summed E-state index contributed by atoms with van der Waals surface area (Å²) in [7, 11) is 0. The van der Waals surface area contributed by atoms with Crippen LogP contribution in [0.25, 0.3) is 0 Å². The fourth-order valence-electron chi connectivity index (χ4n) is 2.23. The first-order chi connectivity index (χ1) is 7.31. The second kappa shape index (κ2) is 4.51. The highest BCUT2D eigenvalue weighted by molar-refractivity contribution is 5.30. The van der Waals surface area contributed by atoms with Crippen molar-refractivity contribution in [3.63, 3.8) is 0 Å². The molecule has 0 aromatic carbocycles. The molecule has 1 aliphatic rings. The molecule has 0 amide bonds. The first-order valence-corrected chi connectivity index (χ1v) is 5.67. The number of hydrogen-bond donors (Lipinski definition) is 1. The van der Waals surface area contributed by atoms with E-state index in [0.717, 1.165) is 6.54 Å². The maximum Gasteiger partial charge on any atom is 0.319 e. The highest BCUT2D eigenvalue weighted by atomic mass is 16.4. The van der Waals surface area contributed by atoms with Crippen LogP contribution >= 0.6 is 0 Å². The number of anilines is 2. The average molecular weight is 210 g/mol. The Morgan fingerprint density at radius 1 is 1.47 bits per heavy atom. The van der Waals surface area contributed by atoms with Gasteiger partial charge in [0.05, 0.1) is 0 Å². The van der Waals surface area contributed by atoms with E-state index in [1.54, 1.807) is 0 Å². The molecule has 0 spiro atoms. The second-order valence-electron chi connectivity index (χ2n) is 4.05. The van der Waals surface area contributed by atoms with Crippen molar-refractivity contribution in [1.82, 2.24) is 10.2 Å². The minimum atomic E-state index is 0.158. The maximum atomic E-state index is 5.44. The van der Waals surface area contributed by atoms with Crippen LogP contribution in [0.1, 0.15) is 39.0 Å². The largest absolute Gasteiger partial charge is 0.390 e. The number of aromatic nitrogens is 2. The van der Waals surface area contributed by atoms with Gasteiger partial charge >= 0.3 is 12.0 Å². The van der Waals surface area contributed by atoms with Crippen molar-refractivity contribution in [1.29, 1.82) is 0 Å². The van der Waals surface area contributed by atoms with Gasteiger partial charge in [-0.1, -0.05) is 23.5 Å². The molecule has 0 radical (unpaired) electrons. The van der Waals surface area contributed by atoms with E-state index in [9.17, 15) is 0 Å². The Morgan fingerprint density at radius 3 is 3.00 bits per heavy atom. The summed E-state index contributed by atoms with van der Waals surface area (Å²) in [4.78, 5) is 2.20. The van der Waals surface area contributed by atoms with Crippen LogP contribution in [0.2, 0.25) is 0 Å².